The molecule has 0 unspecified atom stereocenters. The molecular formula is C48H50N4O4. The molecule has 4 amide bonds. The zero-order valence-corrected chi connectivity index (χ0v) is 32.0. The lowest BCUT2D eigenvalue weighted by Gasteiger charge is -2.35. The third-order valence-electron chi connectivity index (χ3n) is 12.7. The molecule has 2 saturated heterocycles. The second-order valence-electron chi connectivity index (χ2n) is 16.0. The van der Waals surface area contributed by atoms with Gasteiger partial charge in [-0.25, -0.2) is 0 Å². The van der Waals surface area contributed by atoms with E-state index in [1.165, 1.54) is 0 Å². The number of nitrogens with one attached hydrogen (secondary N) is 2. The average molecular weight is 747 g/mol. The minimum atomic E-state index is -0.542. The van der Waals surface area contributed by atoms with Crippen LogP contribution in [0.1, 0.15) is 99.3 Å². The van der Waals surface area contributed by atoms with Crippen molar-refractivity contribution < 1.29 is 19.2 Å². The van der Waals surface area contributed by atoms with Crippen LogP contribution in [0.15, 0.2) is 109 Å². The fourth-order valence-corrected chi connectivity index (χ4v) is 9.71. The molecule has 286 valence electrons. The Morgan fingerprint density at radius 1 is 0.482 bits per heavy atom. The van der Waals surface area contributed by atoms with Gasteiger partial charge in [0, 0.05) is 35.6 Å². The van der Waals surface area contributed by atoms with Gasteiger partial charge >= 0.3 is 0 Å². The molecule has 8 rings (SSSR count). The topological polar surface area (TPSA) is 98.8 Å². The Morgan fingerprint density at radius 2 is 0.839 bits per heavy atom. The van der Waals surface area contributed by atoms with Crippen LogP contribution in [-0.2, 0) is 30.0 Å². The van der Waals surface area contributed by atoms with E-state index >= 15 is 0 Å². The van der Waals surface area contributed by atoms with E-state index in [1.807, 2.05) is 94.7 Å². The summed E-state index contributed by atoms with van der Waals surface area (Å²) < 4.78 is 0. The number of hydrogen-bond donors (Lipinski definition) is 2. The van der Waals surface area contributed by atoms with Crippen LogP contribution in [0.25, 0.3) is 0 Å². The first-order valence-electron chi connectivity index (χ1n) is 20.4. The van der Waals surface area contributed by atoms with Crippen LogP contribution in [0.5, 0.6) is 0 Å². The lowest BCUT2D eigenvalue weighted by molar-refractivity contribution is -0.141. The maximum atomic E-state index is 14.1. The van der Waals surface area contributed by atoms with Gasteiger partial charge in [0.2, 0.25) is 23.6 Å². The molecule has 2 heterocycles. The van der Waals surface area contributed by atoms with Gasteiger partial charge in [-0.15, -0.1) is 0 Å². The Balaban J connectivity index is 0.863. The van der Waals surface area contributed by atoms with Crippen molar-refractivity contribution in [3.8, 4) is 11.8 Å². The summed E-state index contributed by atoms with van der Waals surface area (Å²) in [6.45, 7) is 1.20. The average Bonchev–Trinajstić information content (AvgIpc) is 4.09. The summed E-state index contributed by atoms with van der Waals surface area (Å²) in [5.74, 6) is 6.25. The summed E-state index contributed by atoms with van der Waals surface area (Å²) in [6, 6.07) is 34.1. The van der Waals surface area contributed by atoms with Crippen molar-refractivity contribution in [1.29, 1.82) is 0 Å². The summed E-state index contributed by atoms with van der Waals surface area (Å²) in [5, 5.41) is 6.10. The third-order valence-corrected chi connectivity index (χ3v) is 12.7. The number of hydrogen-bond acceptors (Lipinski definition) is 4. The molecule has 2 N–H and O–H groups in total. The van der Waals surface area contributed by atoms with E-state index in [1.54, 1.807) is 0 Å². The molecule has 2 aliphatic heterocycles. The molecule has 2 saturated carbocycles. The Morgan fingerprint density at radius 3 is 1.20 bits per heavy atom. The Hall–Kier alpha value is -5.68. The van der Waals surface area contributed by atoms with Crippen LogP contribution in [0.4, 0.5) is 11.4 Å². The van der Waals surface area contributed by atoms with Gasteiger partial charge < -0.3 is 20.4 Å². The summed E-state index contributed by atoms with van der Waals surface area (Å²) >= 11 is 0. The van der Waals surface area contributed by atoms with Gasteiger partial charge in [-0.3, -0.25) is 19.2 Å². The Bertz CT molecular complexity index is 1960. The number of carbonyl (C=O) groups is 4. The highest BCUT2D eigenvalue weighted by atomic mass is 16.2. The van der Waals surface area contributed by atoms with Crippen molar-refractivity contribution in [2.24, 2.45) is 0 Å². The molecule has 8 heteroatoms. The zero-order chi connectivity index (χ0) is 38.5. The SMILES string of the molecule is O=C(Nc1ccc(C#Cc2ccc(NC(=O)[C@@H]3CCCN3C(=O)C3(c4ccccc4)CCCC3)cc2)cc1)[C@@H]1CCCN1C(=O)C1(c2ccccc2)CCCC1. The molecule has 8 nitrogen and oxygen atoms in total. The first kappa shape index (κ1) is 37.3. The molecule has 2 aliphatic carbocycles. The second-order valence-corrected chi connectivity index (χ2v) is 16.0. The monoisotopic (exact) mass is 746 g/mol. The lowest BCUT2D eigenvalue weighted by atomic mass is 9.77. The van der Waals surface area contributed by atoms with Gasteiger partial charge in [-0.1, -0.05) is 98.2 Å². The van der Waals surface area contributed by atoms with E-state index < -0.39 is 22.9 Å². The van der Waals surface area contributed by atoms with Gasteiger partial charge in [-0.2, -0.15) is 0 Å². The number of rotatable bonds is 8. The first-order valence-corrected chi connectivity index (χ1v) is 20.4. The van der Waals surface area contributed by atoms with Crippen LogP contribution in [0.2, 0.25) is 0 Å². The molecule has 0 spiro atoms. The standard InChI is InChI=1S/C48H50N4O4/c53-43(41-17-11-33-51(41)45(55)47(29-7-8-30-47)37-13-3-1-4-14-37)49-39-25-21-35(22-26-39)19-20-36-23-27-40(28-24-36)50-44(54)42-18-12-34-52(42)46(56)48(31-9-10-32-48)38-15-5-2-6-16-38/h1-6,13-16,21-28,41-42H,7-12,17-18,29-34H2,(H,49,53)(H,50,54)/t41-,42-/m0/s1. The molecular weight excluding hydrogens is 697 g/mol. The fraction of sp³-hybridized carbons (Fsp3) is 0.375. The summed E-state index contributed by atoms with van der Waals surface area (Å²) in [4.78, 5) is 59.0. The quantitative estimate of drug-likeness (QED) is 0.179. The third kappa shape index (κ3) is 7.35. The van der Waals surface area contributed by atoms with Crippen LogP contribution in [-0.4, -0.2) is 58.6 Å². The second kappa shape index (κ2) is 16.2. The minimum absolute atomic E-state index is 0.0865. The summed E-state index contributed by atoms with van der Waals surface area (Å²) in [5.41, 5.74) is 3.96. The summed E-state index contributed by atoms with van der Waals surface area (Å²) in [6.07, 6.45) is 10.3. The van der Waals surface area contributed by atoms with Crippen molar-refractivity contribution in [2.45, 2.75) is 100.0 Å². The highest BCUT2D eigenvalue weighted by molar-refractivity contribution is 6.00. The molecule has 2 atom stereocenters. The molecule has 0 aromatic heterocycles. The Labute approximate surface area is 330 Å². The van der Waals surface area contributed by atoms with Crippen LogP contribution < -0.4 is 10.6 Å². The first-order chi connectivity index (χ1) is 27.4. The minimum Gasteiger partial charge on any atom is -0.330 e. The van der Waals surface area contributed by atoms with E-state index in [0.29, 0.717) is 37.3 Å². The molecule has 0 bridgehead atoms. The van der Waals surface area contributed by atoms with Gasteiger partial charge in [0.1, 0.15) is 12.1 Å². The fourth-order valence-electron chi connectivity index (χ4n) is 9.71. The van der Waals surface area contributed by atoms with E-state index in [2.05, 4.69) is 46.7 Å². The zero-order valence-electron chi connectivity index (χ0n) is 32.0. The van der Waals surface area contributed by atoms with Crippen molar-refractivity contribution in [3.05, 3.63) is 131 Å². The van der Waals surface area contributed by atoms with Crippen LogP contribution in [0.3, 0.4) is 0 Å². The van der Waals surface area contributed by atoms with Gasteiger partial charge in [0.25, 0.3) is 0 Å². The van der Waals surface area contributed by atoms with E-state index in [-0.39, 0.29) is 23.6 Å². The normalized spacial score (nSPS) is 20.9. The molecule has 4 aliphatic rings. The smallest absolute Gasteiger partial charge is 0.247 e. The highest BCUT2D eigenvalue weighted by Crippen LogP contribution is 2.45. The molecule has 56 heavy (non-hydrogen) atoms. The van der Waals surface area contributed by atoms with E-state index in [0.717, 1.165) is 86.5 Å². The largest absolute Gasteiger partial charge is 0.330 e. The van der Waals surface area contributed by atoms with E-state index in [9.17, 15) is 19.2 Å². The number of nitrogens with zero attached hydrogens (tertiary/aromatic N) is 2. The predicted molar refractivity (Wildman–Crippen MR) is 219 cm³/mol. The van der Waals surface area contributed by atoms with Crippen LogP contribution in [0, 0.1) is 11.8 Å². The van der Waals surface area contributed by atoms with Gasteiger partial charge in [0.05, 0.1) is 10.8 Å². The highest BCUT2D eigenvalue weighted by Gasteiger charge is 2.49. The molecule has 0 radical (unpaired) electrons. The lowest BCUT2D eigenvalue weighted by Crippen LogP contribution is -2.51. The van der Waals surface area contributed by atoms with Crippen molar-refractivity contribution >= 4 is 35.0 Å². The maximum Gasteiger partial charge on any atom is 0.247 e. The van der Waals surface area contributed by atoms with Crippen LogP contribution >= 0.6 is 0 Å². The molecule has 4 fully saturated rings. The van der Waals surface area contributed by atoms with Gasteiger partial charge in [-0.05, 0) is 111 Å². The Kier molecular flexibility index (Phi) is 10.8. The molecule has 4 aromatic rings. The number of benzene rings is 4. The number of likely N-dealkylation sites (tertiary alicyclic amines) is 2. The summed E-state index contributed by atoms with van der Waals surface area (Å²) in [7, 11) is 0. The van der Waals surface area contributed by atoms with Crippen molar-refractivity contribution in [3.63, 3.8) is 0 Å². The maximum absolute atomic E-state index is 14.1. The molecule has 4 aromatic carbocycles. The predicted octanol–water partition coefficient (Wildman–Crippen LogP) is 7.97. The number of carbonyl (C=O) groups excluding carboxylic acids is 4. The van der Waals surface area contributed by atoms with Crippen molar-refractivity contribution in [2.75, 3.05) is 23.7 Å². The van der Waals surface area contributed by atoms with Crippen molar-refractivity contribution in [1.82, 2.24) is 9.80 Å². The number of amides is 4. The number of anilines is 2. The van der Waals surface area contributed by atoms with Gasteiger partial charge in [0.15, 0.2) is 0 Å². The van der Waals surface area contributed by atoms with E-state index in [4.69, 9.17) is 0 Å².